The lowest BCUT2D eigenvalue weighted by atomic mass is 9.63. The molecule has 7 aromatic carbocycles. The van der Waals surface area contributed by atoms with Crippen molar-refractivity contribution >= 4 is 32.6 Å². The SMILES string of the molecule is CC1(C)CCC(C)(C)c2cc3c(cc21)c1ccccc1n3-c1ccc2cc(-c3nc(-c4ccccc4)nc(-c4ccc(-c5ccccc5)cc4)n3)ccc2c1. The number of benzene rings is 7. The molecule has 0 saturated heterocycles. The Hall–Kier alpha value is -6.39. The van der Waals surface area contributed by atoms with Crippen LogP contribution in [0.3, 0.4) is 0 Å². The molecule has 55 heavy (non-hydrogen) atoms. The summed E-state index contributed by atoms with van der Waals surface area (Å²) in [7, 11) is 0. The summed E-state index contributed by atoms with van der Waals surface area (Å²) in [6.07, 6.45) is 2.39. The van der Waals surface area contributed by atoms with Crippen LogP contribution in [0, 0.1) is 0 Å². The fourth-order valence-electron chi connectivity index (χ4n) is 8.61. The summed E-state index contributed by atoms with van der Waals surface area (Å²) in [5, 5.41) is 4.92. The van der Waals surface area contributed by atoms with Crippen LogP contribution >= 0.6 is 0 Å². The van der Waals surface area contributed by atoms with E-state index in [1.54, 1.807) is 0 Å². The molecule has 4 nitrogen and oxygen atoms in total. The van der Waals surface area contributed by atoms with Crippen molar-refractivity contribution in [2.75, 3.05) is 0 Å². The Bertz CT molecular complexity index is 2900. The lowest BCUT2D eigenvalue weighted by Gasteiger charge is -2.42. The van der Waals surface area contributed by atoms with Crippen molar-refractivity contribution in [3.05, 3.63) is 169 Å². The van der Waals surface area contributed by atoms with E-state index < -0.39 is 0 Å². The molecule has 4 heteroatoms. The van der Waals surface area contributed by atoms with Gasteiger partial charge in [-0.2, -0.15) is 0 Å². The molecule has 0 amide bonds. The first-order valence-corrected chi connectivity index (χ1v) is 19.3. The van der Waals surface area contributed by atoms with E-state index in [0.717, 1.165) is 33.3 Å². The van der Waals surface area contributed by atoms with Crippen molar-refractivity contribution in [1.29, 1.82) is 0 Å². The molecule has 9 aromatic rings. The van der Waals surface area contributed by atoms with Gasteiger partial charge in [-0.15, -0.1) is 0 Å². The lowest BCUT2D eigenvalue weighted by molar-refractivity contribution is 0.332. The maximum Gasteiger partial charge on any atom is 0.164 e. The minimum atomic E-state index is 0.126. The third-order valence-corrected chi connectivity index (χ3v) is 11.9. The van der Waals surface area contributed by atoms with Crippen LogP contribution in [0.1, 0.15) is 51.7 Å². The third-order valence-electron chi connectivity index (χ3n) is 11.9. The highest BCUT2D eigenvalue weighted by Gasteiger charge is 2.37. The van der Waals surface area contributed by atoms with Gasteiger partial charge >= 0.3 is 0 Å². The molecule has 0 radical (unpaired) electrons. The van der Waals surface area contributed by atoms with Crippen molar-refractivity contribution in [2.24, 2.45) is 0 Å². The molecule has 266 valence electrons. The second kappa shape index (κ2) is 12.6. The topological polar surface area (TPSA) is 43.6 Å². The Balaban J connectivity index is 1.08. The van der Waals surface area contributed by atoms with Gasteiger partial charge in [-0.3, -0.25) is 0 Å². The van der Waals surface area contributed by atoms with Crippen LogP contribution in [0.4, 0.5) is 0 Å². The number of rotatable bonds is 5. The van der Waals surface area contributed by atoms with Gasteiger partial charge in [0.25, 0.3) is 0 Å². The summed E-state index contributed by atoms with van der Waals surface area (Å²) in [6, 6.07) is 56.3. The summed E-state index contributed by atoms with van der Waals surface area (Å²) in [5.74, 6) is 1.96. The van der Waals surface area contributed by atoms with E-state index in [-0.39, 0.29) is 10.8 Å². The molecule has 10 rings (SSSR count). The van der Waals surface area contributed by atoms with E-state index in [1.165, 1.54) is 56.7 Å². The largest absolute Gasteiger partial charge is 0.309 e. The first kappa shape index (κ1) is 33.2. The van der Waals surface area contributed by atoms with Crippen molar-refractivity contribution in [2.45, 2.75) is 51.4 Å². The zero-order valence-electron chi connectivity index (χ0n) is 31.7. The number of hydrogen-bond acceptors (Lipinski definition) is 3. The molecule has 0 fully saturated rings. The Morgan fingerprint density at radius 3 is 1.58 bits per heavy atom. The number of hydrogen-bond donors (Lipinski definition) is 0. The van der Waals surface area contributed by atoms with Gasteiger partial charge in [0.15, 0.2) is 17.5 Å². The molecule has 0 N–H and O–H groups in total. The smallest absolute Gasteiger partial charge is 0.164 e. The van der Waals surface area contributed by atoms with Crippen LogP contribution in [0.15, 0.2) is 158 Å². The molecule has 2 aromatic heterocycles. The zero-order valence-corrected chi connectivity index (χ0v) is 31.7. The lowest BCUT2D eigenvalue weighted by Crippen LogP contribution is -2.33. The van der Waals surface area contributed by atoms with Crippen LogP contribution in [0.5, 0.6) is 0 Å². The maximum absolute atomic E-state index is 5.07. The number of fused-ring (bicyclic) bond motifs is 5. The van der Waals surface area contributed by atoms with E-state index >= 15 is 0 Å². The molecule has 2 heterocycles. The van der Waals surface area contributed by atoms with Gasteiger partial charge in [0.1, 0.15) is 0 Å². The van der Waals surface area contributed by atoms with Crippen LogP contribution in [-0.2, 0) is 10.8 Å². The van der Waals surface area contributed by atoms with E-state index in [0.29, 0.717) is 17.5 Å². The minimum Gasteiger partial charge on any atom is -0.309 e. The van der Waals surface area contributed by atoms with E-state index in [4.69, 9.17) is 15.0 Å². The Morgan fingerprint density at radius 2 is 0.891 bits per heavy atom. The maximum atomic E-state index is 5.07. The predicted molar refractivity (Wildman–Crippen MR) is 229 cm³/mol. The number of nitrogens with zero attached hydrogens (tertiary/aromatic N) is 4. The van der Waals surface area contributed by atoms with Crippen molar-refractivity contribution in [1.82, 2.24) is 19.5 Å². The van der Waals surface area contributed by atoms with Gasteiger partial charge in [0.05, 0.1) is 11.0 Å². The van der Waals surface area contributed by atoms with E-state index in [9.17, 15) is 0 Å². The van der Waals surface area contributed by atoms with Crippen molar-refractivity contribution in [3.63, 3.8) is 0 Å². The van der Waals surface area contributed by atoms with Gasteiger partial charge in [-0.05, 0) is 93.1 Å². The Morgan fingerprint density at radius 1 is 0.400 bits per heavy atom. The predicted octanol–water partition coefficient (Wildman–Crippen LogP) is 13.1. The summed E-state index contributed by atoms with van der Waals surface area (Å²) in [4.78, 5) is 15.1. The van der Waals surface area contributed by atoms with Gasteiger partial charge in [-0.1, -0.05) is 149 Å². The summed E-state index contributed by atoms with van der Waals surface area (Å²) in [5.41, 5.74) is 12.1. The average Bonchev–Trinajstić information content (AvgIpc) is 3.56. The normalized spacial score (nSPS) is 14.7. The van der Waals surface area contributed by atoms with Crippen LogP contribution in [0.25, 0.3) is 83.6 Å². The molecule has 1 aliphatic rings. The Labute approximate surface area is 322 Å². The second-order valence-corrected chi connectivity index (χ2v) is 16.4. The number of aromatic nitrogens is 4. The minimum absolute atomic E-state index is 0.126. The van der Waals surface area contributed by atoms with Crippen molar-refractivity contribution < 1.29 is 0 Å². The van der Waals surface area contributed by atoms with E-state index in [1.807, 2.05) is 24.3 Å². The molecule has 0 bridgehead atoms. The van der Waals surface area contributed by atoms with Crippen LogP contribution in [0.2, 0.25) is 0 Å². The zero-order chi connectivity index (χ0) is 37.3. The molecule has 0 saturated carbocycles. The monoisotopic (exact) mass is 710 g/mol. The van der Waals surface area contributed by atoms with Crippen LogP contribution in [-0.4, -0.2) is 19.5 Å². The van der Waals surface area contributed by atoms with Gasteiger partial charge < -0.3 is 4.57 Å². The fourth-order valence-corrected chi connectivity index (χ4v) is 8.61. The Kier molecular flexibility index (Phi) is 7.60. The summed E-state index contributed by atoms with van der Waals surface area (Å²) in [6.45, 7) is 9.64. The average molecular weight is 711 g/mol. The molecule has 0 aliphatic heterocycles. The fraction of sp³-hybridized carbons (Fsp3) is 0.157. The van der Waals surface area contributed by atoms with E-state index in [2.05, 4.69) is 166 Å². The third kappa shape index (κ3) is 5.72. The first-order chi connectivity index (χ1) is 26.7. The quantitative estimate of drug-likeness (QED) is 0.179. The highest BCUT2D eigenvalue weighted by molar-refractivity contribution is 6.10. The highest BCUT2D eigenvalue weighted by Crippen LogP contribution is 2.48. The summed E-state index contributed by atoms with van der Waals surface area (Å²) >= 11 is 0. The van der Waals surface area contributed by atoms with Crippen molar-refractivity contribution in [3.8, 4) is 51.0 Å². The molecule has 0 unspecified atom stereocenters. The molecule has 0 spiro atoms. The van der Waals surface area contributed by atoms with Gasteiger partial charge in [0, 0.05) is 33.2 Å². The standard InChI is InChI=1S/C51H42N4/c1-50(2)27-28-51(3,4)44-32-46-42(31-43(44)50)41-17-11-12-18-45(41)55(46)40-26-25-37-29-39(24-23-38(37)30-40)49-53-47(35-15-9-6-10-16-35)52-48(54-49)36-21-19-34(20-22-36)33-13-7-5-8-14-33/h5-26,29-32H,27-28H2,1-4H3. The molecule has 1 aliphatic carbocycles. The van der Waals surface area contributed by atoms with Crippen LogP contribution < -0.4 is 0 Å². The molecular formula is C51H42N4. The van der Waals surface area contributed by atoms with Gasteiger partial charge in [-0.25, -0.2) is 15.0 Å². The second-order valence-electron chi connectivity index (χ2n) is 16.4. The molecule has 0 atom stereocenters. The number of para-hydroxylation sites is 1. The molecular weight excluding hydrogens is 669 g/mol. The highest BCUT2D eigenvalue weighted by atomic mass is 15.0. The first-order valence-electron chi connectivity index (χ1n) is 19.3. The summed E-state index contributed by atoms with van der Waals surface area (Å²) < 4.78 is 2.46. The van der Waals surface area contributed by atoms with Gasteiger partial charge in [0.2, 0.25) is 0 Å².